The molecular formula is C8H13NO2. The van der Waals surface area contributed by atoms with Crippen LogP contribution < -0.4 is 5.32 Å². The van der Waals surface area contributed by atoms with E-state index in [9.17, 15) is 4.79 Å². The van der Waals surface area contributed by atoms with Crippen molar-refractivity contribution in [3.05, 3.63) is 0 Å². The highest BCUT2D eigenvalue weighted by Crippen LogP contribution is 2.43. The van der Waals surface area contributed by atoms with Gasteiger partial charge in [0, 0.05) is 24.3 Å². The van der Waals surface area contributed by atoms with Gasteiger partial charge in [0.1, 0.15) is 0 Å². The largest absolute Gasteiger partial charge is 0.381 e. The normalized spacial score (nSPS) is 39.9. The number of fused-ring (bicyclic) bond motifs is 1. The average molecular weight is 155 g/mol. The molecule has 0 radical (unpaired) electrons. The minimum absolute atomic E-state index is 0.171. The maximum Gasteiger partial charge on any atom is 0.219 e. The Morgan fingerprint density at radius 3 is 2.73 bits per heavy atom. The zero-order chi connectivity index (χ0) is 7.84. The molecule has 0 spiro atoms. The number of rotatable bonds is 2. The first kappa shape index (κ1) is 7.10. The second kappa shape index (κ2) is 2.48. The molecule has 1 N–H and O–H groups in total. The molecule has 1 aliphatic carbocycles. The Kier molecular flexibility index (Phi) is 1.60. The molecule has 62 valence electrons. The number of nitrogens with one attached hydrogen (secondary N) is 1. The topological polar surface area (TPSA) is 38.3 Å². The van der Waals surface area contributed by atoms with Crippen molar-refractivity contribution >= 4 is 5.91 Å². The quantitative estimate of drug-likeness (QED) is 0.616. The van der Waals surface area contributed by atoms with Crippen LogP contribution in [0, 0.1) is 11.8 Å². The van der Waals surface area contributed by atoms with Gasteiger partial charge in [0.25, 0.3) is 0 Å². The van der Waals surface area contributed by atoms with Gasteiger partial charge < -0.3 is 10.1 Å². The molecule has 3 atom stereocenters. The van der Waals surface area contributed by atoms with Crippen molar-refractivity contribution in [2.45, 2.75) is 19.4 Å². The minimum atomic E-state index is 0.171. The van der Waals surface area contributed by atoms with Crippen LogP contribution in [0.5, 0.6) is 0 Å². The average Bonchev–Trinajstić information content (AvgIpc) is 2.52. The monoisotopic (exact) mass is 155 g/mol. The molecule has 0 bridgehead atoms. The van der Waals surface area contributed by atoms with Gasteiger partial charge in [0.2, 0.25) is 5.91 Å². The fourth-order valence-corrected chi connectivity index (χ4v) is 1.74. The highest BCUT2D eigenvalue weighted by atomic mass is 16.5. The van der Waals surface area contributed by atoms with Crippen molar-refractivity contribution < 1.29 is 9.53 Å². The van der Waals surface area contributed by atoms with E-state index in [1.54, 1.807) is 0 Å². The summed E-state index contributed by atoms with van der Waals surface area (Å²) in [5.41, 5.74) is 0. The summed E-state index contributed by atoms with van der Waals surface area (Å²) in [7, 11) is 0. The maximum atomic E-state index is 10.9. The van der Waals surface area contributed by atoms with Gasteiger partial charge in [0.05, 0.1) is 13.2 Å². The predicted octanol–water partition coefficient (Wildman–Crippen LogP) is 0.157. The second-order valence-corrected chi connectivity index (χ2v) is 3.31. The van der Waals surface area contributed by atoms with Crippen molar-refractivity contribution in [1.82, 2.24) is 5.32 Å². The standard InChI is InChI=1S/C8H13NO2/c1-2-7(10)9-8-5-3-11-4-6(5)8/h5-6,8H,2-4H2,1H3,(H,9,10)/t5-,6+,8?. The molecule has 0 aromatic carbocycles. The van der Waals surface area contributed by atoms with E-state index in [2.05, 4.69) is 5.32 Å². The first-order valence-electron chi connectivity index (χ1n) is 4.20. The molecule has 1 amide bonds. The van der Waals surface area contributed by atoms with E-state index in [0.29, 0.717) is 24.3 Å². The summed E-state index contributed by atoms with van der Waals surface area (Å²) in [6.45, 7) is 3.57. The van der Waals surface area contributed by atoms with E-state index >= 15 is 0 Å². The van der Waals surface area contributed by atoms with Gasteiger partial charge in [-0.25, -0.2) is 0 Å². The van der Waals surface area contributed by atoms with Crippen LogP contribution in [-0.4, -0.2) is 25.2 Å². The molecule has 0 aromatic rings. The van der Waals surface area contributed by atoms with Crippen molar-refractivity contribution in [2.24, 2.45) is 11.8 Å². The summed E-state index contributed by atoms with van der Waals surface area (Å²) in [4.78, 5) is 10.9. The molecule has 1 unspecified atom stereocenters. The second-order valence-electron chi connectivity index (χ2n) is 3.31. The van der Waals surface area contributed by atoms with Crippen LogP contribution in [0.3, 0.4) is 0 Å². The summed E-state index contributed by atoms with van der Waals surface area (Å²) >= 11 is 0. The number of ether oxygens (including phenoxy) is 1. The zero-order valence-electron chi connectivity index (χ0n) is 6.67. The molecule has 1 saturated heterocycles. The van der Waals surface area contributed by atoms with Gasteiger partial charge >= 0.3 is 0 Å². The van der Waals surface area contributed by atoms with E-state index in [4.69, 9.17) is 4.74 Å². The first-order chi connectivity index (χ1) is 5.33. The summed E-state index contributed by atoms with van der Waals surface area (Å²) in [6.07, 6.45) is 0.594. The fraction of sp³-hybridized carbons (Fsp3) is 0.875. The molecule has 2 fully saturated rings. The van der Waals surface area contributed by atoms with Crippen molar-refractivity contribution in [3.63, 3.8) is 0 Å². The van der Waals surface area contributed by atoms with Crippen molar-refractivity contribution in [3.8, 4) is 0 Å². The van der Waals surface area contributed by atoms with E-state index in [-0.39, 0.29) is 5.91 Å². The van der Waals surface area contributed by atoms with E-state index in [1.165, 1.54) is 0 Å². The Morgan fingerprint density at radius 2 is 2.18 bits per heavy atom. The van der Waals surface area contributed by atoms with Gasteiger partial charge in [-0.15, -0.1) is 0 Å². The summed E-state index contributed by atoms with van der Waals surface area (Å²) < 4.78 is 5.20. The molecule has 3 heteroatoms. The number of amides is 1. The van der Waals surface area contributed by atoms with Gasteiger partial charge in [-0.05, 0) is 0 Å². The minimum Gasteiger partial charge on any atom is -0.381 e. The Hall–Kier alpha value is -0.570. The van der Waals surface area contributed by atoms with E-state index in [1.807, 2.05) is 6.92 Å². The third-order valence-corrected chi connectivity index (χ3v) is 2.60. The highest BCUT2D eigenvalue weighted by Gasteiger charge is 2.54. The number of hydrogen-bond acceptors (Lipinski definition) is 2. The molecule has 11 heavy (non-hydrogen) atoms. The van der Waals surface area contributed by atoms with Gasteiger partial charge in [-0.1, -0.05) is 6.92 Å². The molecule has 1 aliphatic heterocycles. The number of hydrogen-bond donors (Lipinski definition) is 1. The van der Waals surface area contributed by atoms with Crippen molar-refractivity contribution in [2.75, 3.05) is 13.2 Å². The summed E-state index contributed by atoms with van der Waals surface area (Å²) in [5.74, 6) is 1.43. The third kappa shape index (κ3) is 1.13. The molecule has 3 nitrogen and oxygen atoms in total. The Morgan fingerprint density at radius 1 is 1.55 bits per heavy atom. The Balaban J connectivity index is 1.79. The van der Waals surface area contributed by atoms with E-state index in [0.717, 1.165) is 13.2 Å². The maximum absolute atomic E-state index is 10.9. The lowest BCUT2D eigenvalue weighted by Crippen LogP contribution is -2.28. The summed E-state index contributed by atoms with van der Waals surface area (Å²) in [6, 6.07) is 0.441. The van der Waals surface area contributed by atoms with Gasteiger partial charge in [-0.3, -0.25) is 4.79 Å². The van der Waals surface area contributed by atoms with Gasteiger partial charge in [0.15, 0.2) is 0 Å². The molecular weight excluding hydrogens is 142 g/mol. The molecule has 0 aromatic heterocycles. The van der Waals surface area contributed by atoms with Crippen LogP contribution in [-0.2, 0) is 9.53 Å². The Bertz CT molecular complexity index is 171. The van der Waals surface area contributed by atoms with Crippen LogP contribution >= 0.6 is 0 Å². The number of carbonyl (C=O) groups is 1. The number of carbonyl (C=O) groups excluding carboxylic acids is 1. The SMILES string of the molecule is CCC(=O)NC1[C@H]2COC[C@@H]12. The van der Waals surface area contributed by atoms with E-state index < -0.39 is 0 Å². The molecule has 1 heterocycles. The smallest absolute Gasteiger partial charge is 0.219 e. The van der Waals surface area contributed by atoms with Crippen LogP contribution in [0.2, 0.25) is 0 Å². The lowest BCUT2D eigenvalue weighted by atomic mass is 10.4. The predicted molar refractivity (Wildman–Crippen MR) is 40.0 cm³/mol. The van der Waals surface area contributed by atoms with Crippen molar-refractivity contribution in [1.29, 1.82) is 0 Å². The van der Waals surface area contributed by atoms with Crippen LogP contribution in [0.15, 0.2) is 0 Å². The fourth-order valence-electron chi connectivity index (χ4n) is 1.74. The third-order valence-electron chi connectivity index (χ3n) is 2.60. The first-order valence-corrected chi connectivity index (χ1v) is 4.20. The Labute approximate surface area is 66.1 Å². The molecule has 2 aliphatic rings. The van der Waals surface area contributed by atoms with Crippen LogP contribution in [0.1, 0.15) is 13.3 Å². The van der Waals surface area contributed by atoms with Crippen LogP contribution in [0.4, 0.5) is 0 Å². The lowest BCUT2D eigenvalue weighted by Gasteiger charge is -2.04. The highest BCUT2D eigenvalue weighted by molar-refractivity contribution is 5.76. The lowest BCUT2D eigenvalue weighted by molar-refractivity contribution is -0.121. The summed E-state index contributed by atoms with van der Waals surface area (Å²) in [5, 5.41) is 2.99. The zero-order valence-corrected chi connectivity index (χ0v) is 6.67. The molecule has 2 rings (SSSR count). The molecule has 1 saturated carbocycles. The van der Waals surface area contributed by atoms with Gasteiger partial charge in [-0.2, -0.15) is 0 Å². The van der Waals surface area contributed by atoms with Crippen LogP contribution in [0.25, 0.3) is 0 Å².